The number of hydrogen-bond acceptors (Lipinski definition) is 6. The molecule has 4 rings (SSSR count). The molecule has 0 bridgehead atoms. The van der Waals surface area contributed by atoms with Crippen LogP contribution in [-0.4, -0.2) is 41.5 Å². The van der Waals surface area contributed by atoms with Crippen molar-refractivity contribution in [3.8, 4) is 17.2 Å². The van der Waals surface area contributed by atoms with Crippen LogP contribution in [0.4, 0.5) is 5.69 Å². The monoisotopic (exact) mass is 500 g/mol. The Hall–Kier alpha value is -4.63. The van der Waals surface area contributed by atoms with E-state index in [1.165, 1.54) is 6.33 Å². The Labute approximate surface area is 214 Å². The van der Waals surface area contributed by atoms with Gasteiger partial charge in [-0.05, 0) is 54.1 Å². The van der Waals surface area contributed by atoms with Crippen LogP contribution >= 0.6 is 0 Å². The minimum absolute atomic E-state index is 0.00565. The lowest BCUT2D eigenvalue weighted by Gasteiger charge is -2.19. The lowest BCUT2D eigenvalue weighted by molar-refractivity contribution is -0.127. The van der Waals surface area contributed by atoms with Gasteiger partial charge in [0.25, 0.3) is 0 Å². The highest BCUT2D eigenvalue weighted by molar-refractivity contribution is 5.97. The number of benzene rings is 3. The number of carbonyl (C=O) groups is 2. The molecule has 0 aliphatic heterocycles. The molecule has 0 aliphatic carbocycles. The van der Waals surface area contributed by atoms with Crippen molar-refractivity contribution in [2.75, 3.05) is 19.0 Å². The molecule has 0 aliphatic rings. The Morgan fingerprint density at radius 1 is 0.919 bits per heavy atom. The number of carbonyl (C=O) groups excluding carboxylic acids is 2. The molecule has 3 N–H and O–H groups in total. The summed E-state index contributed by atoms with van der Waals surface area (Å²) in [7, 11) is 1.60. The fourth-order valence-electron chi connectivity index (χ4n) is 3.46. The number of amides is 2. The third-order valence-corrected chi connectivity index (χ3v) is 5.36. The van der Waals surface area contributed by atoms with Crippen LogP contribution in [0, 0.1) is 0 Å². The zero-order valence-corrected chi connectivity index (χ0v) is 20.3. The predicted molar refractivity (Wildman–Crippen MR) is 138 cm³/mol. The van der Waals surface area contributed by atoms with Crippen molar-refractivity contribution in [3.05, 3.63) is 103 Å². The first-order valence-corrected chi connectivity index (χ1v) is 11.7. The van der Waals surface area contributed by atoms with Crippen molar-refractivity contribution in [3.63, 3.8) is 0 Å². The van der Waals surface area contributed by atoms with E-state index < -0.39 is 11.9 Å². The zero-order valence-electron chi connectivity index (χ0n) is 20.3. The maximum Gasteiger partial charge on any atom is 0.249 e. The lowest BCUT2D eigenvalue weighted by atomic mass is 10.2. The van der Waals surface area contributed by atoms with Crippen molar-refractivity contribution in [2.45, 2.75) is 19.1 Å². The fraction of sp³-hybridized carbons (Fsp3) is 0.179. The van der Waals surface area contributed by atoms with Crippen LogP contribution in [0.1, 0.15) is 11.3 Å². The van der Waals surface area contributed by atoms with Gasteiger partial charge < -0.3 is 29.8 Å². The number of imidazole rings is 1. The summed E-state index contributed by atoms with van der Waals surface area (Å²) in [5.74, 6) is 1.28. The first-order chi connectivity index (χ1) is 18.1. The number of aromatic nitrogens is 2. The van der Waals surface area contributed by atoms with E-state index >= 15 is 0 Å². The van der Waals surface area contributed by atoms with Gasteiger partial charge in [0.05, 0.1) is 38.8 Å². The van der Waals surface area contributed by atoms with Crippen molar-refractivity contribution < 1.29 is 23.8 Å². The minimum Gasteiger partial charge on any atom is -0.497 e. The van der Waals surface area contributed by atoms with E-state index in [0.29, 0.717) is 29.5 Å². The molecular formula is C28H28N4O5. The molecule has 37 heavy (non-hydrogen) atoms. The number of hydrogen-bond donors (Lipinski definition) is 3. The molecule has 0 fully saturated rings. The summed E-state index contributed by atoms with van der Waals surface area (Å²) in [4.78, 5) is 32.5. The summed E-state index contributed by atoms with van der Waals surface area (Å²) in [6, 6.07) is 22.9. The molecule has 0 radical (unpaired) electrons. The van der Waals surface area contributed by atoms with Crippen LogP contribution in [-0.2, 0) is 27.4 Å². The number of ether oxygens (including phenoxy) is 3. The number of anilines is 1. The zero-order chi connectivity index (χ0) is 25.9. The summed E-state index contributed by atoms with van der Waals surface area (Å²) in [5.41, 5.74) is 2.10. The van der Waals surface area contributed by atoms with Gasteiger partial charge in [0, 0.05) is 11.9 Å². The molecule has 9 heteroatoms. The quantitative estimate of drug-likeness (QED) is 0.270. The third kappa shape index (κ3) is 7.94. The highest BCUT2D eigenvalue weighted by Gasteiger charge is 2.22. The second kappa shape index (κ2) is 12.9. The first kappa shape index (κ1) is 25.5. The predicted octanol–water partition coefficient (Wildman–Crippen LogP) is 4.09. The molecule has 4 aromatic rings. The number of H-pyrrole nitrogens is 1. The topological polar surface area (TPSA) is 115 Å². The van der Waals surface area contributed by atoms with Crippen molar-refractivity contribution in [1.82, 2.24) is 15.3 Å². The van der Waals surface area contributed by atoms with E-state index in [4.69, 9.17) is 14.2 Å². The largest absolute Gasteiger partial charge is 0.497 e. The van der Waals surface area contributed by atoms with Gasteiger partial charge in [-0.3, -0.25) is 9.59 Å². The van der Waals surface area contributed by atoms with Crippen molar-refractivity contribution >= 4 is 17.5 Å². The molecule has 0 saturated carbocycles. The van der Waals surface area contributed by atoms with Gasteiger partial charge in [-0.2, -0.15) is 0 Å². The molecule has 1 heterocycles. The molecule has 1 unspecified atom stereocenters. The molecule has 190 valence electrons. The van der Waals surface area contributed by atoms with Gasteiger partial charge in [0.1, 0.15) is 23.3 Å². The normalized spacial score (nSPS) is 11.4. The number of nitrogens with one attached hydrogen (secondary N) is 3. The highest BCUT2D eigenvalue weighted by Crippen LogP contribution is 2.25. The summed E-state index contributed by atoms with van der Waals surface area (Å²) >= 11 is 0. The van der Waals surface area contributed by atoms with Gasteiger partial charge >= 0.3 is 0 Å². The molecule has 3 aromatic carbocycles. The Balaban J connectivity index is 1.36. The van der Waals surface area contributed by atoms with Crippen LogP contribution in [0.2, 0.25) is 0 Å². The Bertz CT molecular complexity index is 1260. The first-order valence-electron chi connectivity index (χ1n) is 11.7. The molecular weight excluding hydrogens is 472 g/mol. The average Bonchev–Trinajstić information content (AvgIpc) is 3.43. The average molecular weight is 501 g/mol. The molecule has 0 saturated heterocycles. The number of methoxy groups -OCH3 is 1. The minimum atomic E-state index is -0.898. The molecule has 2 amide bonds. The standard InChI is InChI=1S/C28H28N4O5/c1-35-23-11-13-25(14-12-23)37-24-9-7-21(8-10-24)31-28(34)26(18-36-17-20-5-3-2-4-6-20)32-27(33)15-22-16-29-19-30-22/h2-14,16,19,26H,15,17-18H2,1H3,(H,29,30)(H,31,34)(H,32,33). The van der Waals surface area contributed by atoms with Crippen LogP contribution in [0.5, 0.6) is 17.2 Å². The van der Waals surface area contributed by atoms with Gasteiger partial charge in [-0.15, -0.1) is 0 Å². The van der Waals surface area contributed by atoms with E-state index in [-0.39, 0.29) is 18.9 Å². The van der Waals surface area contributed by atoms with Crippen molar-refractivity contribution in [1.29, 1.82) is 0 Å². The second-order valence-electron chi connectivity index (χ2n) is 8.15. The highest BCUT2D eigenvalue weighted by atomic mass is 16.5. The summed E-state index contributed by atoms with van der Waals surface area (Å²) < 4.78 is 16.7. The summed E-state index contributed by atoms with van der Waals surface area (Å²) in [5, 5.41) is 5.58. The Kier molecular flexibility index (Phi) is 8.87. The van der Waals surface area contributed by atoms with Gasteiger partial charge in [0.2, 0.25) is 11.8 Å². The maximum atomic E-state index is 13.1. The summed E-state index contributed by atoms with van der Waals surface area (Å²) in [6.07, 6.45) is 3.18. The van der Waals surface area contributed by atoms with E-state index in [0.717, 1.165) is 11.3 Å². The Morgan fingerprint density at radius 2 is 1.59 bits per heavy atom. The maximum absolute atomic E-state index is 13.1. The summed E-state index contributed by atoms with van der Waals surface area (Å²) in [6.45, 7) is 0.322. The van der Waals surface area contributed by atoms with Crippen LogP contribution in [0.3, 0.4) is 0 Å². The van der Waals surface area contributed by atoms with Gasteiger partial charge in [-0.25, -0.2) is 4.98 Å². The van der Waals surface area contributed by atoms with E-state index in [1.54, 1.807) is 49.7 Å². The number of aromatic amines is 1. The van der Waals surface area contributed by atoms with Crippen LogP contribution in [0.15, 0.2) is 91.4 Å². The van der Waals surface area contributed by atoms with E-state index in [9.17, 15) is 9.59 Å². The fourth-order valence-corrected chi connectivity index (χ4v) is 3.46. The second-order valence-corrected chi connectivity index (χ2v) is 8.15. The van der Waals surface area contributed by atoms with Crippen molar-refractivity contribution in [2.24, 2.45) is 0 Å². The lowest BCUT2D eigenvalue weighted by Crippen LogP contribution is -2.47. The molecule has 1 aromatic heterocycles. The van der Waals surface area contributed by atoms with E-state index in [1.807, 2.05) is 42.5 Å². The molecule has 1 atom stereocenters. The van der Waals surface area contributed by atoms with Gasteiger partial charge in [0.15, 0.2) is 0 Å². The van der Waals surface area contributed by atoms with Crippen LogP contribution < -0.4 is 20.1 Å². The SMILES string of the molecule is COc1ccc(Oc2ccc(NC(=O)C(COCc3ccccc3)NC(=O)Cc3c[nH]cn3)cc2)cc1. The third-order valence-electron chi connectivity index (χ3n) is 5.36. The van der Waals surface area contributed by atoms with Crippen LogP contribution in [0.25, 0.3) is 0 Å². The smallest absolute Gasteiger partial charge is 0.249 e. The molecule has 0 spiro atoms. The number of rotatable bonds is 12. The number of nitrogens with zero attached hydrogens (tertiary/aromatic N) is 1. The van der Waals surface area contributed by atoms with E-state index in [2.05, 4.69) is 20.6 Å². The van der Waals surface area contributed by atoms with Gasteiger partial charge in [-0.1, -0.05) is 30.3 Å². The molecule has 9 nitrogen and oxygen atoms in total. The Morgan fingerprint density at radius 3 is 2.24 bits per heavy atom.